The number of benzene rings is 2. The van der Waals surface area contributed by atoms with Crippen LogP contribution in [0.25, 0.3) is 16.3 Å². The number of fused-ring (bicyclic) bond motifs is 1. The minimum atomic E-state index is -0.538. The first-order valence-electron chi connectivity index (χ1n) is 8.83. The second-order valence-corrected chi connectivity index (χ2v) is 7.47. The third kappa shape index (κ3) is 5.19. The zero-order valence-electron chi connectivity index (χ0n) is 15.8. The molecule has 0 N–H and O–H groups in total. The summed E-state index contributed by atoms with van der Waals surface area (Å²) in [7, 11) is 0. The zero-order valence-corrected chi connectivity index (χ0v) is 17.4. The molecule has 0 aliphatic heterocycles. The molecule has 0 atom stereocenters. The summed E-state index contributed by atoms with van der Waals surface area (Å²) in [6.45, 7) is 1.87. The molecule has 30 heavy (non-hydrogen) atoms. The molecule has 0 aliphatic carbocycles. The number of halogens is 1. The van der Waals surface area contributed by atoms with E-state index in [1.807, 2.05) is 0 Å². The fourth-order valence-corrected chi connectivity index (χ4v) is 3.94. The molecule has 154 valence electrons. The van der Waals surface area contributed by atoms with Crippen LogP contribution >= 0.6 is 22.9 Å². The third-order valence-electron chi connectivity index (χ3n) is 3.97. The highest BCUT2D eigenvalue weighted by molar-refractivity contribution is 7.16. The lowest BCUT2D eigenvalue weighted by molar-refractivity contribution is -0.384. The maximum absolute atomic E-state index is 12.4. The molecule has 0 bridgehead atoms. The topological polar surface area (TPSA) is 104 Å². The SMILES string of the molecule is CCOC(=O)Cn1c(=NC(=O)C=Cc2ccc([N+](=O)[O-])cc2)sc2cc(Cl)ccc21. The van der Waals surface area contributed by atoms with Gasteiger partial charge < -0.3 is 9.30 Å². The van der Waals surface area contributed by atoms with E-state index in [2.05, 4.69) is 4.99 Å². The van der Waals surface area contributed by atoms with Crippen molar-refractivity contribution < 1.29 is 19.2 Å². The Kier molecular flexibility index (Phi) is 6.76. The van der Waals surface area contributed by atoms with Gasteiger partial charge >= 0.3 is 5.97 Å². The fraction of sp³-hybridized carbons (Fsp3) is 0.150. The maximum Gasteiger partial charge on any atom is 0.326 e. The van der Waals surface area contributed by atoms with E-state index >= 15 is 0 Å². The molecule has 0 radical (unpaired) electrons. The predicted molar refractivity (Wildman–Crippen MR) is 114 cm³/mol. The lowest BCUT2D eigenvalue weighted by atomic mass is 10.2. The van der Waals surface area contributed by atoms with E-state index in [0.29, 0.717) is 20.9 Å². The molecule has 3 aromatic rings. The van der Waals surface area contributed by atoms with Gasteiger partial charge in [0, 0.05) is 23.2 Å². The number of aromatic nitrogens is 1. The van der Waals surface area contributed by atoms with Crippen LogP contribution in [0.5, 0.6) is 0 Å². The second-order valence-electron chi connectivity index (χ2n) is 6.02. The number of hydrogen-bond donors (Lipinski definition) is 0. The molecule has 0 spiro atoms. The molecule has 0 saturated carbocycles. The Morgan fingerprint density at radius 3 is 2.67 bits per heavy atom. The summed E-state index contributed by atoms with van der Waals surface area (Å²) in [6.07, 6.45) is 2.77. The largest absolute Gasteiger partial charge is 0.465 e. The molecule has 1 amide bonds. The monoisotopic (exact) mass is 445 g/mol. The summed E-state index contributed by atoms with van der Waals surface area (Å²) in [5.74, 6) is -0.980. The van der Waals surface area contributed by atoms with Gasteiger partial charge in [0.15, 0.2) is 4.80 Å². The van der Waals surface area contributed by atoms with Crippen LogP contribution in [0, 0.1) is 10.1 Å². The number of nitrogens with zero attached hydrogens (tertiary/aromatic N) is 3. The number of nitro groups is 1. The van der Waals surface area contributed by atoms with E-state index < -0.39 is 16.8 Å². The van der Waals surface area contributed by atoms with E-state index in [1.165, 1.54) is 47.8 Å². The molecule has 2 aromatic carbocycles. The van der Waals surface area contributed by atoms with Crippen molar-refractivity contribution in [1.29, 1.82) is 0 Å². The van der Waals surface area contributed by atoms with Gasteiger partial charge in [-0.15, -0.1) is 0 Å². The van der Waals surface area contributed by atoms with E-state index in [4.69, 9.17) is 16.3 Å². The highest BCUT2D eigenvalue weighted by atomic mass is 35.5. The van der Waals surface area contributed by atoms with Crippen LogP contribution < -0.4 is 4.80 Å². The number of esters is 1. The van der Waals surface area contributed by atoms with Crippen LogP contribution in [0.15, 0.2) is 53.5 Å². The van der Waals surface area contributed by atoms with Crippen molar-refractivity contribution in [3.05, 3.63) is 74.0 Å². The number of hydrogen-bond acceptors (Lipinski definition) is 6. The molecule has 0 saturated heterocycles. The molecule has 1 heterocycles. The van der Waals surface area contributed by atoms with Crippen molar-refractivity contribution in [1.82, 2.24) is 4.57 Å². The smallest absolute Gasteiger partial charge is 0.326 e. The quantitative estimate of drug-likeness (QED) is 0.247. The number of rotatable bonds is 6. The molecular weight excluding hydrogens is 430 g/mol. The summed E-state index contributed by atoms with van der Waals surface area (Å²) in [6, 6.07) is 10.9. The molecule has 3 rings (SSSR count). The third-order valence-corrected chi connectivity index (χ3v) is 5.24. The minimum absolute atomic E-state index is 0.0351. The number of ether oxygens (including phenoxy) is 1. The van der Waals surface area contributed by atoms with Crippen LogP contribution in [-0.2, 0) is 20.9 Å². The number of carbonyl (C=O) groups is 2. The van der Waals surface area contributed by atoms with Gasteiger partial charge in [0.25, 0.3) is 11.6 Å². The van der Waals surface area contributed by atoms with Crippen molar-refractivity contribution in [2.24, 2.45) is 4.99 Å². The summed E-state index contributed by atoms with van der Waals surface area (Å²) in [5.41, 5.74) is 1.29. The maximum atomic E-state index is 12.4. The Bertz CT molecular complexity index is 1210. The Balaban J connectivity index is 1.92. The molecule has 0 unspecified atom stereocenters. The lowest BCUT2D eigenvalue weighted by Gasteiger charge is -2.04. The Morgan fingerprint density at radius 1 is 1.27 bits per heavy atom. The first-order chi connectivity index (χ1) is 14.4. The molecule has 0 fully saturated rings. The lowest BCUT2D eigenvalue weighted by Crippen LogP contribution is -2.22. The van der Waals surface area contributed by atoms with Crippen LogP contribution in [-0.4, -0.2) is 28.0 Å². The van der Waals surface area contributed by atoms with E-state index in [1.54, 1.807) is 29.7 Å². The molecule has 1 aromatic heterocycles. The van der Waals surface area contributed by atoms with Crippen molar-refractivity contribution in [2.75, 3.05) is 6.61 Å². The van der Waals surface area contributed by atoms with E-state index in [9.17, 15) is 19.7 Å². The number of amides is 1. The van der Waals surface area contributed by atoms with Crippen LogP contribution in [0.4, 0.5) is 5.69 Å². The van der Waals surface area contributed by atoms with Gasteiger partial charge in [-0.1, -0.05) is 22.9 Å². The van der Waals surface area contributed by atoms with Gasteiger partial charge in [-0.05, 0) is 48.9 Å². The van der Waals surface area contributed by atoms with Gasteiger partial charge in [0.05, 0.1) is 21.7 Å². The molecule has 10 heteroatoms. The average Bonchev–Trinajstić information content (AvgIpc) is 3.02. The standard InChI is InChI=1S/C20H16ClN3O5S/c1-2-29-19(26)12-23-16-9-6-14(21)11-17(16)30-20(23)22-18(25)10-5-13-3-7-15(8-4-13)24(27)28/h3-11H,2,12H2,1H3. The molecule has 0 aliphatic rings. The van der Waals surface area contributed by atoms with Gasteiger partial charge in [-0.2, -0.15) is 4.99 Å². The number of carbonyl (C=O) groups excluding carboxylic acids is 2. The Morgan fingerprint density at radius 2 is 2.00 bits per heavy atom. The van der Waals surface area contributed by atoms with Gasteiger partial charge in [0.2, 0.25) is 0 Å². The van der Waals surface area contributed by atoms with E-state index in [-0.39, 0.29) is 18.8 Å². The van der Waals surface area contributed by atoms with Crippen LogP contribution in [0.2, 0.25) is 5.02 Å². The van der Waals surface area contributed by atoms with E-state index in [0.717, 1.165) is 4.70 Å². The Hall–Kier alpha value is -3.30. The van der Waals surface area contributed by atoms with Gasteiger partial charge in [0.1, 0.15) is 6.54 Å². The number of non-ortho nitro benzene ring substituents is 1. The average molecular weight is 446 g/mol. The normalized spacial score (nSPS) is 11.9. The summed E-state index contributed by atoms with van der Waals surface area (Å²) in [4.78, 5) is 39.0. The second kappa shape index (κ2) is 9.47. The Labute approximate surface area is 179 Å². The van der Waals surface area contributed by atoms with Crippen molar-refractivity contribution in [3.63, 3.8) is 0 Å². The highest BCUT2D eigenvalue weighted by Gasteiger charge is 2.12. The van der Waals surface area contributed by atoms with Crippen LogP contribution in [0.1, 0.15) is 12.5 Å². The van der Waals surface area contributed by atoms with Crippen molar-refractivity contribution in [2.45, 2.75) is 13.5 Å². The van der Waals surface area contributed by atoms with Gasteiger partial charge in [-0.3, -0.25) is 19.7 Å². The highest BCUT2D eigenvalue weighted by Crippen LogP contribution is 2.22. The summed E-state index contributed by atoms with van der Waals surface area (Å²) >= 11 is 7.27. The van der Waals surface area contributed by atoms with Crippen molar-refractivity contribution >= 4 is 56.8 Å². The summed E-state index contributed by atoms with van der Waals surface area (Å²) < 4.78 is 7.39. The van der Waals surface area contributed by atoms with Gasteiger partial charge in [-0.25, -0.2) is 0 Å². The fourth-order valence-electron chi connectivity index (χ4n) is 2.63. The predicted octanol–water partition coefficient (Wildman–Crippen LogP) is 3.97. The molecule has 8 nitrogen and oxygen atoms in total. The zero-order chi connectivity index (χ0) is 21.7. The number of nitro benzene ring substituents is 1. The van der Waals surface area contributed by atoms with Crippen molar-refractivity contribution in [3.8, 4) is 0 Å². The first-order valence-corrected chi connectivity index (χ1v) is 10.0. The molecular formula is C20H16ClN3O5S. The first kappa shape index (κ1) is 21.4. The minimum Gasteiger partial charge on any atom is -0.465 e. The number of thiazole rings is 1. The van der Waals surface area contributed by atoms with Crippen LogP contribution in [0.3, 0.4) is 0 Å². The summed E-state index contributed by atoms with van der Waals surface area (Å²) in [5, 5.41) is 11.2.